The van der Waals surface area contributed by atoms with E-state index in [0.717, 1.165) is 24.0 Å². The van der Waals surface area contributed by atoms with Crippen molar-refractivity contribution in [3.05, 3.63) is 128 Å². The van der Waals surface area contributed by atoms with Crippen LogP contribution in [0.25, 0.3) is 11.2 Å². The molecule has 1 fully saturated rings. The molecule has 1 saturated carbocycles. The number of carbonyl (C=O) groups is 1. The molecule has 2 heterocycles. The fourth-order valence-electron chi connectivity index (χ4n) is 5.32. The number of aromatic nitrogens is 4. The lowest BCUT2D eigenvalue weighted by Crippen LogP contribution is -2.32. The molecule has 0 bridgehead atoms. The van der Waals surface area contributed by atoms with Crippen LogP contribution in [-0.4, -0.2) is 32.1 Å². The third kappa shape index (κ3) is 5.28. The van der Waals surface area contributed by atoms with Gasteiger partial charge in [-0.15, -0.1) is 0 Å². The van der Waals surface area contributed by atoms with Crippen molar-refractivity contribution >= 4 is 22.8 Å². The second-order valence-corrected chi connectivity index (χ2v) is 10.8. The largest absolute Gasteiger partial charge is 0.330 e. The molecule has 3 aromatic carbocycles. The van der Waals surface area contributed by atoms with E-state index < -0.39 is 17.3 Å². The third-order valence-corrected chi connectivity index (χ3v) is 7.96. The van der Waals surface area contributed by atoms with Gasteiger partial charge in [0.05, 0.1) is 12.4 Å². The van der Waals surface area contributed by atoms with Crippen molar-refractivity contribution in [1.82, 2.24) is 19.1 Å². The van der Waals surface area contributed by atoms with Crippen molar-refractivity contribution in [3.63, 3.8) is 0 Å². The summed E-state index contributed by atoms with van der Waals surface area (Å²) in [5.41, 5.74) is 8.64. The first-order valence-corrected chi connectivity index (χ1v) is 13.9. The average molecular weight is 567 g/mol. The number of halogens is 1. The maximum Gasteiger partial charge on any atom is 0.330 e. The van der Waals surface area contributed by atoms with Crippen LogP contribution in [0.4, 0.5) is 10.1 Å². The monoisotopic (exact) mass is 566 g/mol. The van der Waals surface area contributed by atoms with Crippen LogP contribution in [0.5, 0.6) is 0 Å². The minimum atomic E-state index is -0.541. The van der Waals surface area contributed by atoms with Gasteiger partial charge in [0.2, 0.25) is 0 Å². The number of hydrogen-bond acceptors (Lipinski definition) is 5. The van der Waals surface area contributed by atoms with Crippen LogP contribution >= 0.6 is 0 Å². The van der Waals surface area contributed by atoms with Gasteiger partial charge in [0, 0.05) is 37.8 Å². The molecule has 0 saturated heterocycles. The molecule has 3 N–H and O–H groups in total. The lowest BCUT2D eigenvalue weighted by molar-refractivity contribution is 0.0993. The molecule has 9 nitrogen and oxygen atoms in total. The number of fused-ring (bicyclic) bond motifs is 1. The van der Waals surface area contributed by atoms with E-state index in [9.17, 15) is 18.8 Å². The number of nitrogens with zero attached hydrogens (tertiary/aromatic N) is 4. The van der Waals surface area contributed by atoms with Crippen molar-refractivity contribution in [2.75, 3.05) is 11.9 Å². The standard InChI is InChI=1S/C32H31FN6O3/c1-37(31(41)23-10-8-20(17-34)9-11-23)25-14-12-22(13-15-25)27(16-24-4-2-3-5-26(24)33)39-19-35-29-28(39)30(40)36-32(42)38(29)18-21-6-7-21/h2-5,8-15,19,21,27H,6-7,16-18,34H2,1H3,(H,36,40,42). The molecule has 0 spiro atoms. The highest BCUT2D eigenvalue weighted by atomic mass is 19.1. The summed E-state index contributed by atoms with van der Waals surface area (Å²) in [5, 5.41) is 0. The minimum Gasteiger partial charge on any atom is -0.326 e. The van der Waals surface area contributed by atoms with Gasteiger partial charge in [-0.25, -0.2) is 14.2 Å². The summed E-state index contributed by atoms with van der Waals surface area (Å²) < 4.78 is 18.1. The first-order valence-electron chi connectivity index (χ1n) is 13.9. The van der Waals surface area contributed by atoms with Gasteiger partial charge in [0.15, 0.2) is 11.2 Å². The van der Waals surface area contributed by atoms with Crippen LogP contribution in [0.1, 0.15) is 45.9 Å². The summed E-state index contributed by atoms with van der Waals surface area (Å²) in [6.45, 7) is 0.890. The summed E-state index contributed by atoms with van der Waals surface area (Å²) in [5.74, 6) is -0.133. The second kappa shape index (κ2) is 11.2. The fourth-order valence-corrected chi connectivity index (χ4v) is 5.32. The number of rotatable bonds is 9. The molecule has 10 heteroatoms. The van der Waals surface area contributed by atoms with Crippen molar-refractivity contribution in [2.45, 2.75) is 38.4 Å². The van der Waals surface area contributed by atoms with Crippen LogP contribution in [-0.2, 0) is 19.5 Å². The van der Waals surface area contributed by atoms with Crippen LogP contribution in [0.3, 0.4) is 0 Å². The maximum atomic E-state index is 14.8. The molecule has 1 aliphatic rings. The molecule has 1 amide bonds. The summed E-state index contributed by atoms with van der Waals surface area (Å²) in [6, 6.07) is 20.5. The van der Waals surface area contributed by atoms with Gasteiger partial charge in [-0.1, -0.05) is 42.5 Å². The van der Waals surface area contributed by atoms with Gasteiger partial charge >= 0.3 is 5.69 Å². The highest BCUT2D eigenvalue weighted by Gasteiger charge is 2.27. The molecule has 214 valence electrons. The minimum absolute atomic E-state index is 0.171. The Morgan fingerprint density at radius 3 is 2.45 bits per heavy atom. The highest BCUT2D eigenvalue weighted by molar-refractivity contribution is 6.05. The number of nitrogens with one attached hydrogen (secondary N) is 1. The topological polar surface area (TPSA) is 119 Å². The zero-order valence-corrected chi connectivity index (χ0v) is 23.2. The number of H-pyrrole nitrogens is 1. The Balaban J connectivity index is 1.38. The van der Waals surface area contributed by atoms with E-state index in [1.807, 2.05) is 36.4 Å². The lowest BCUT2D eigenvalue weighted by Gasteiger charge is -2.22. The number of anilines is 1. The highest BCUT2D eigenvalue weighted by Crippen LogP contribution is 2.32. The smallest absolute Gasteiger partial charge is 0.326 e. The molecule has 2 aromatic heterocycles. The molecule has 6 rings (SSSR count). The maximum absolute atomic E-state index is 14.8. The van der Waals surface area contributed by atoms with E-state index in [0.29, 0.717) is 41.5 Å². The number of nitrogens with two attached hydrogens (primary N) is 1. The van der Waals surface area contributed by atoms with E-state index in [2.05, 4.69) is 9.97 Å². The average Bonchev–Trinajstić information content (AvgIpc) is 3.73. The zero-order valence-electron chi connectivity index (χ0n) is 23.2. The lowest BCUT2D eigenvalue weighted by atomic mass is 9.97. The van der Waals surface area contributed by atoms with Crippen molar-refractivity contribution in [1.29, 1.82) is 0 Å². The van der Waals surface area contributed by atoms with Gasteiger partial charge < -0.3 is 15.2 Å². The van der Waals surface area contributed by atoms with Crippen LogP contribution in [0.2, 0.25) is 0 Å². The summed E-state index contributed by atoms with van der Waals surface area (Å²) >= 11 is 0. The van der Waals surface area contributed by atoms with Crippen LogP contribution < -0.4 is 21.9 Å². The van der Waals surface area contributed by atoms with Crippen LogP contribution in [0.15, 0.2) is 88.7 Å². The zero-order chi connectivity index (χ0) is 29.4. The van der Waals surface area contributed by atoms with Gasteiger partial charge in [-0.2, -0.15) is 0 Å². The van der Waals surface area contributed by atoms with E-state index >= 15 is 0 Å². The van der Waals surface area contributed by atoms with Gasteiger partial charge in [0.25, 0.3) is 11.5 Å². The van der Waals surface area contributed by atoms with E-state index in [-0.39, 0.29) is 23.7 Å². The number of amides is 1. The predicted octanol–water partition coefficient (Wildman–Crippen LogP) is 4.00. The van der Waals surface area contributed by atoms with Gasteiger partial charge in [0.1, 0.15) is 5.82 Å². The molecule has 0 aliphatic heterocycles. The molecule has 1 unspecified atom stereocenters. The number of hydrogen-bond donors (Lipinski definition) is 2. The van der Waals surface area contributed by atoms with Gasteiger partial charge in [-0.3, -0.25) is 19.1 Å². The van der Waals surface area contributed by atoms with Gasteiger partial charge in [-0.05, 0) is 65.8 Å². The predicted molar refractivity (Wildman–Crippen MR) is 159 cm³/mol. The first kappa shape index (κ1) is 27.3. The summed E-state index contributed by atoms with van der Waals surface area (Å²) in [7, 11) is 1.70. The van der Waals surface area contributed by atoms with E-state index in [4.69, 9.17) is 5.73 Å². The van der Waals surface area contributed by atoms with Crippen molar-refractivity contribution in [3.8, 4) is 0 Å². The van der Waals surface area contributed by atoms with Crippen LogP contribution in [0, 0.1) is 11.7 Å². The number of benzene rings is 3. The quantitative estimate of drug-likeness (QED) is 0.280. The Kier molecular flexibility index (Phi) is 7.30. The van der Waals surface area contributed by atoms with E-state index in [1.54, 1.807) is 53.2 Å². The molecule has 1 atom stereocenters. The first-order chi connectivity index (χ1) is 20.3. The second-order valence-electron chi connectivity index (χ2n) is 10.8. The molecule has 42 heavy (non-hydrogen) atoms. The Hall–Kier alpha value is -4.83. The molecular formula is C32H31FN6O3. The molecule has 1 aliphatic carbocycles. The Bertz CT molecular complexity index is 1870. The number of carbonyl (C=O) groups excluding carboxylic acids is 1. The summed E-state index contributed by atoms with van der Waals surface area (Å²) in [4.78, 5) is 47.4. The normalized spacial score (nSPS) is 13.8. The molecule has 5 aromatic rings. The van der Waals surface area contributed by atoms with Crippen molar-refractivity contribution < 1.29 is 9.18 Å². The summed E-state index contributed by atoms with van der Waals surface area (Å²) in [6.07, 6.45) is 3.85. The Morgan fingerprint density at radius 2 is 1.79 bits per heavy atom. The number of aromatic amines is 1. The van der Waals surface area contributed by atoms with E-state index in [1.165, 1.54) is 10.6 Å². The Morgan fingerprint density at radius 1 is 1.07 bits per heavy atom. The number of imidazole rings is 1. The van der Waals surface area contributed by atoms with Crippen molar-refractivity contribution in [2.24, 2.45) is 11.7 Å². The third-order valence-electron chi connectivity index (χ3n) is 7.96. The molecular weight excluding hydrogens is 535 g/mol. The SMILES string of the molecule is CN(C(=O)c1ccc(CN)cc1)c1ccc(C(Cc2ccccc2F)n2cnc3c2c(=O)[nH]c(=O)n3CC2CC2)cc1. The fraction of sp³-hybridized carbons (Fsp3) is 0.250. The molecule has 0 radical (unpaired) electrons. The Labute approximate surface area is 241 Å².